The predicted octanol–water partition coefficient (Wildman–Crippen LogP) is 2.05. The number of aromatic nitrogens is 1. The Morgan fingerprint density at radius 2 is 2.15 bits per heavy atom. The van der Waals surface area contributed by atoms with Crippen LogP contribution in [0.4, 0.5) is 13.2 Å². The van der Waals surface area contributed by atoms with Gasteiger partial charge in [0.15, 0.2) is 5.01 Å². The molecule has 74 valence electrons. The van der Waals surface area contributed by atoms with Gasteiger partial charge in [0.1, 0.15) is 0 Å². The first-order valence-electron chi connectivity index (χ1n) is 3.75. The Morgan fingerprint density at radius 1 is 1.46 bits per heavy atom. The molecule has 0 radical (unpaired) electrons. The molecule has 13 heavy (non-hydrogen) atoms. The molecular weight excluding hydrogens is 201 g/mol. The molecule has 0 aromatic carbocycles. The molecule has 6 heteroatoms. The SMILES string of the molecule is NCCCc1csc(C(F)(F)F)n1. The van der Waals surface area contributed by atoms with Gasteiger partial charge in [-0.2, -0.15) is 13.2 Å². The molecule has 0 bridgehead atoms. The highest BCUT2D eigenvalue weighted by molar-refractivity contribution is 7.09. The summed E-state index contributed by atoms with van der Waals surface area (Å²) in [7, 11) is 0. The second-order valence-electron chi connectivity index (χ2n) is 2.53. The number of nitrogens with zero attached hydrogens (tertiary/aromatic N) is 1. The molecule has 2 N–H and O–H groups in total. The summed E-state index contributed by atoms with van der Waals surface area (Å²) >= 11 is 0.630. The number of alkyl halides is 3. The van der Waals surface area contributed by atoms with Crippen LogP contribution in [0, 0.1) is 0 Å². The third-order valence-electron chi connectivity index (χ3n) is 1.43. The summed E-state index contributed by atoms with van der Waals surface area (Å²) in [6.45, 7) is 0.471. The van der Waals surface area contributed by atoms with Crippen molar-refractivity contribution in [2.45, 2.75) is 19.0 Å². The standard InChI is InChI=1S/C7H9F3N2S/c8-7(9,10)6-12-5(4-13-6)2-1-3-11/h4H,1-3,11H2. The number of rotatable bonds is 3. The third kappa shape index (κ3) is 2.96. The molecule has 0 fully saturated rings. The molecule has 1 rings (SSSR count). The van der Waals surface area contributed by atoms with Gasteiger partial charge >= 0.3 is 6.18 Å². The van der Waals surface area contributed by atoms with Crippen molar-refractivity contribution in [3.63, 3.8) is 0 Å². The third-order valence-corrected chi connectivity index (χ3v) is 2.37. The van der Waals surface area contributed by atoms with Crippen molar-refractivity contribution < 1.29 is 13.2 Å². The summed E-state index contributed by atoms with van der Waals surface area (Å²) < 4.78 is 36.1. The zero-order chi connectivity index (χ0) is 9.90. The van der Waals surface area contributed by atoms with Crippen LogP contribution in [0.2, 0.25) is 0 Å². The first-order valence-corrected chi connectivity index (χ1v) is 4.63. The van der Waals surface area contributed by atoms with E-state index in [4.69, 9.17) is 5.73 Å². The van der Waals surface area contributed by atoms with Crippen LogP contribution in [0.1, 0.15) is 17.1 Å². The molecule has 0 aliphatic rings. The summed E-state index contributed by atoms with van der Waals surface area (Å²) in [5, 5.41) is 0.651. The molecule has 1 heterocycles. The van der Waals surface area contributed by atoms with E-state index in [1.807, 2.05) is 0 Å². The van der Waals surface area contributed by atoms with Crippen molar-refractivity contribution in [3.05, 3.63) is 16.1 Å². The summed E-state index contributed by atoms with van der Waals surface area (Å²) in [5.41, 5.74) is 5.70. The lowest BCUT2D eigenvalue weighted by Crippen LogP contribution is -2.05. The predicted molar refractivity (Wildman–Crippen MR) is 44.5 cm³/mol. The lowest BCUT2D eigenvalue weighted by Gasteiger charge is -1.99. The van der Waals surface area contributed by atoms with Crippen molar-refractivity contribution >= 4 is 11.3 Å². The molecule has 0 aliphatic carbocycles. The van der Waals surface area contributed by atoms with Crippen molar-refractivity contribution in [1.29, 1.82) is 0 Å². The number of hydrogen-bond donors (Lipinski definition) is 1. The Kier molecular flexibility index (Phi) is 3.27. The van der Waals surface area contributed by atoms with Gasteiger partial charge in [-0.05, 0) is 19.4 Å². The average molecular weight is 210 g/mol. The molecule has 0 amide bonds. The number of thiazole rings is 1. The van der Waals surface area contributed by atoms with E-state index in [0.29, 0.717) is 36.4 Å². The zero-order valence-corrected chi connectivity index (χ0v) is 7.58. The van der Waals surface area contributed by atoms with Gasteiger partial charge in [0.25, 0.3) is 0 Å². The summed E-state index contributed by atoms with van der Waals surface area (Å²) in [5.74, 6) is 0. The van der Waals surface area contributed by atoms with Crippen molar-refractivity contribution in [2.24, 2.45) is 5.73 Å². The van der Waals surface area contributed by atoms with E-state index < -0.39 is 11.2 Å². The fourth-order valence-corrected chi connectivity index (χ4v) is 1.56. The highest BCUT2D eigenvalue weighted by Crippen LogP contribution is 2.31. The zero-order valence-electron chi connectivity index (χ0n) is 6.77. The molecule has 0 saturated carbocycles. The van der Waals surface area contributed by atoms with E-state index in [1.165, 1.54) is 5.38 Å². The molecule has 1 aromatic rings. The highest BCUT2D eigenvalue weighted by atomic mass is 32.1. The molecule has 0 aliphatic heterocycles. The Balaban J connectivity index is 2.64. The first-order chi connectivity index (χ1) is 6.04. The molecule has 0 unspecified atom stereocenters. The van der Waals surface area contributed by atoms with Crippen molar-refractivity contribution in [2.75, 3.05) is 6.54 Å². The van der Waals surface area contributed by atoms with Crippen molar-refractivity contribution in [3.8, 4) is 0 Å². The van der Waals surface area contributed by atoms with E-state index >= 15 is 0 Å². The Hall–Kier alpha value is -0.620. The van der Waals surface area contributed by atoms with E-state index in [2.05, 4.69) is 4.98 Å². The Labute approximate surface area is 77.6 Å². The first kappa shape index (κ1) is 10.5. The van der Waals surface area contributed by atoms with Gasteiger partial charge in [-0.1, -0.05) is 0 Å². The van der Waals surface area contributed by atoms with E-state index in [9.17, 15) is 13.2 Å². The van der Waals surface area contributed by atoms with Crippen LogP contribution in [-0.2, 0) is 12.6 Å². The van der Waals surface area contributed by atoms with Gasteiger partial charge in [0, 0.05) is 5.38 Å². The van der Waals surface area contributed by atoms with Gasteiger partial charge in [-0.25, -0.2) is 4.98 Å². The molecular formula is C7H9F3N2S. The Bertz CT molecular complexity index is 269. The lowest BCUT2D eigenvalue weighted by molar-refractivity contribution is -0.137. The second kappa shape index (κ2) is 4.06. The fourth-order valence-electron chi connectivity index (χ4n) is 0.835. The van der Waals surface area contributed by atoms with Crippen LogP contribution >= 0.6 is 11.3 Å². The average Bonchev–Trinajstić information content (AvgIpc) is 2.47. The second-order valence-corrected chi connectivity index (χ2v) is 3.39. The van der Waals surface area contributed by atoms with Gasteiger partial charge in [0.05, 0.1) is 5.69 Å². The van der Waals surface area contributed by atoms with Crippen molar-refractivity contribution in [1.82, 2.24) is 4.98 Å². The maximum absolute atomic E-state index is 12.0. The smallest absolute Gasteiger partial charge is 0.330 e. The van der Waals surface area contributed by atoms with Crippen LogP contribution in [0.15, 0.2) is 5.38 Å². The van der Waals surface area contributed by atoms with Crippen LogP contribution in [-0.4, -0.2) is 11.5 Å². The highest BCUT2D eigenvalue weighted by Gasteiger charge is 2.34. The Morgan fingerprint density at radius 3 is 2.62 bits per heavy atom. The quantitative estimate of drug-likeness (QED) is 0.829. The minimum atomic E-state index is -4.31. The van der Waals surface area contributed by atoms with Crippen LogP contribution < -0.4 is 5.73 Å². The topological polar surface area (TPSA) is 38.9 Å². The summed E-state index contributed by atoms with van der Waals surface area (Å²) in [4.78, 5) is 3.46. The fraction of sp³-hybridized carbons (Fsp3) is 0.571. The molecule has 1 aromatic heterocycles. The van der Waals surface area contributed by atoms with Crippen LogP contribution in [0.3, 0.4) is 0 Å². The molecule has 0 atom stereocenters. The number of hydrogen-bond acceptors (Lipinski definition) is 3. The lowest BCUT2D eigenvalue weighted by atomic mass is 10.2. The van der Waals surface area contributed by atoms with Crippen LogP contribution in [0.25, 0.3) is 0 Å². The number of aryl methyl sites for hydroxylation is 1. The normalized spacial score (nSPS) is 12.0. The van der Waals surface area contributed by atoms with Gasteiger partial charge in [-0.3, -0.25) is 0 Å². The van der Waals surface area contributed by atoms with Gasteiger partial charge < -0.3 is 5.73 Å². The van der Waals surface area contributed by atoms with E-state index in [1.54, 1.807) is 0 Å². The van der Waals surface area contributed by atoms with Crippen LogP contribution in [0.5, 0.6) is 0 Å². The van der Waals surface area contributed by atoms with E-state index in [0.717, 1.165) is 0 Å². The largest absolute Gasteiger partial charge is 0.443 e. The minimum absolute atomic E-state index is 0.471. The molecule has 0 spiro atoms. The molecule has 0 saturated heterocycles. The summed E-state index contributed by atoms with van der Waals surface area (Å²) in [6, 6.07) is 0. The maximum Gasteiger partial charge on any atom is 0.443 e. The van der Waals surface area contributed by atoms with Gasteiger partial charge in [-0.15, -0.1) is 11.3 Å². The maximum atomic E-state index is 12.0. The molecule has 2 nitrogen and oxygen atoms in total. The monoisotopic (exact) mass is 210 g/mol. The summed E-state index contributed by atoms with van der Waals surface area (Å²) in [6.07, 6.45) is -3.13. The minimum Gasteiger partial charge on any atom is -0.330 e. The number of halogens is 3. The number of nitrogens with two attached hydrogens (primary N) is 1. The van der Waals surface area contributed by atoms with E-state index in [-0.39, 0.29) is 0 Å². The van der Waals surface area contributed by atoms with Gasteiger partial charge in [0.2, 0.25) is 0 Å².